The number of amides is 2. The average molecular weight is 285 g/mol. The highest BCUT2D eigenvalue weighted by molar-refractivity contribution is 5.76. The molecule has 0 aromatic rings. The van der Waals surface area contributed by atoms with E-state index in [1.54, 1.807) is 4.90 Å². The summed E-state index contributed by atoms with van der Waals surface area (Å²) in [6.45, 7) is 5.88. The fourth-order valence-corrected chi connectivity index (χ4v) is 2.43. The van der Waals surface area contributed by atoms with Gasteiger partial charge in [-0.1, -0.05) is 13.8 Å². The second-order valence-electron chi connectivity index (χ2n) is 6.19. The third-order valence-corrected chi connectivity index (χ3v) is 3.73. The van der Waals surface area contributed by atoms with Crippen molar-refractivity contribution < 1.29 is 14.7 Å². The van der Waals surface area contributed by atoms with Gasteiger partial charge in [0, 0.05) is 25.7 Å². The molecule has 116 valence electrons. The average Bonchev–Trinajstić information content (AvgIpc) is 2.37. The van der Waals surface area contributed by atoms with E-state index in [1.807, 2.05) is 19.0 Å². The van der Waals surface area contributed by atoms with E-state index in [1.165, 1.54) is 0 Å². The second kappa shape index (κ2) is 7.47. The van der Waals surface area contributed by atoms with Gasteiger partial charge < -0.3 is 20.2 Å². The molecule has 1 saturated heterocycles. The van der Waals surface area contributed by atoms with Crippen molar-refractivity contribution in [1.29, 1.82) is 0 Å². The van der Waals surface area contributed by atoms with Gasteiger partial charge in [-0.25, -0.2) is 4.79 Å². The first-order chi connectivity index (χ1) is 9.31. The number of nitrogens with one attached hydrogen (secondary N) is 1. The molecule has 0 aromatic heterocycles. The molecule has 1 rings (SSSR count). The number of hydrogen-bond acceptors (Lipinski definition) is 3. The summed E-state index contributed by atoms with van der Waals surface area (Å²) < 4.78 is 0. The number of carboxylic acids is 1. The predicted molar refractivity (Wildman–Crippen MR) is 77.6 cm³/mol. The topological polar surface area (TPSA) is 72.9 Å². The van der Waals surface area contributed by atoms with Crippen molar-refractivity contribution in [2.45, 2.75) is 32.7 Å². The zero-order valence-corrected chi connectivity index (χ0v) is 12.9. The molecule has 0 bridgehead atoms. The second-order valence-corrected chi connectivity index (χ2v) is 6.19. The largest absolute Gasteiger partial charge is 0.481 e. The van der Waals surface area contributed by atoms with E-state index in [0.717, 1.165) is 13.0 Å². The number of likely N-dealkylation sites (N-methyl/N-ethyl adjacent to an activating group) is 1. The lowest BCUT2D eigenvalue weighted by Crippen LogP contribution is -2.53. The number of likely N-dealkylation sites (tertiary alicyclic amines) is 1. The minimum absolute atomic E-state index is 0.0719. The van der Waals surface area contributed by atoms with Crippen molar-refractivity contribution in [2.24, 2.45) is 11.8 Å². The zero-order chi connectivity index (χ0) is 15.3. The van der Waals surface area contributed by atoms with Gasteiger partial charge in [-0.2, -0.15) is 0 Å². The standard InChI is InChI=1S/C14H27N3O3/c1-10(2)12(9-16(3)4)15-14(20)17-7-5-6-11(8-17)13(18)19/h10-12H,5-9H2,1-4H3,(H,15,20)(H,18,19)/t11-,12?/m1/s1. The number of carboxylic acid groups (broad SMARTS) is 1. The molecule has 6 heteroatoms. The number of hydrogen-bond donors (Lipinski definition) is 2. The Morgan fingerprint density at radius 1 is 1.40 bits per heavy atom. The molecule has 1 unspecified atom stereocenters. The summed E-state index contributed by atoms with van der Waals surface area (Å²) >= 11 is 0. The minimum Gasteiger partial charge on any atom is -0.481 e. The Labute approximate surface area is 121 Å². The number of urea groups is 1. The Morgan fingerprint density at radius 2 is 2.05 bits per heavy atom. The number of aliphatic carboxylic acids is 1. The summed E-state index contributed by atoms with van der Waals surface area (Å²) in [6.07, 6.45) is 1.41. The number of rotatable bonds is 5. The van der Waals surface area contributed by atoms with Gasteiger partial charge in [0.05, 0.1) is 5.92 Å². The lowest BCUT2D eigenvalue weighted by Gasteiger charge is -2.33. The maximum atomic E-state index is 12.3. The van der Waals surface area contributed by atoms with E-state index < -0.39 is 11.9 Å². The van der Waals surface area contributed by atoms with Crippen LogP contribution in [0.25, 0.3) is 0 Å². The van der Waals surface area contributed by atoms with Crippen LogP contribution < -0.4 is 5.32 Å². The highest BCUT2D eigenvalue weighted by Gasteiger charge is 2.29. The van der Waals surface area contributed by atoms with Gasteiger partial charge in [0.2, 0.25) is 0 Å². The van der Waals surface area contributed by atoms with Crippen molar-refractivity contribution in [3.05, 3.63) is 0 Å². The fraction of sp³-hybridized carbons (Fsp3) is 0.857. The van der Waals surface area contributed by atoms with Crippen LogP contribution in [-0.4, -0.2) is 66.7 Å². The van der Waals surface area contributed by atoms with Gasteiger partial charge in [0.25, 0.3) is 0 Å². The number of carbonyl (C=O) groups excluding carboxylic acids is 1. The van der Waals surface area contributed by atoms with Gasteiger partial charge in [-0.05, 0) is 32.9 Å². The lowest BCUT2D eigenvalue weighted by atomic mass is 9.98. The molecule has 2 atom stereocenters. The van der Waals surface area contributed by atoms with Crippen LogP contribution in [0.3, 0.4) is 0 Å². The summed E-state index contributed by atoms with van der Waals surface area (Å²) in [4.78, 5) is 27.0. The molecule has 2 N–H and O–H groups in total. The lowest BCUT2D eigenvalue weighted by molar-refractivity contribution is -0.143. The molecule has 2 amide bonds. The molecule has 1 aliphatic heterocycles. The Kier molecular flexibility index (Phi) is 6.26. The molecule has 0 aliphatic carbocycles. The van der Waals surface area contributed by atoms with Crippen molar-refractivity contribution in [3.63, 3.8) is 0 Å². The van der Waals surface area contributed by atoms with Crippen molar-refractivity contribution >= 4 is 12.0 Å². The third-order valence-electron chi connectivity index (χ3n) is 3.73. The summed E-state index contributed by atoms with van der Waals surface area (Å²) in [7, 11) is 3.95. The van der Waals surface area contributed by atoms with Crippen LogP contribution in [0.4, 0.5) is 4.79 Å². The molecule has 20 heavy (non-hydrogen) atoms. The van der Waals surface area contributed by atoms with E-state index in [4.69, 9.17) is 5.11 Å². The van der Waals surface area contributed by atoms with E-state index >= 15 is 0 Å². The Balaban J connectivity index is 2.57. The van der Waals surface area contributed by atoms with Crippen LogP contribution in [0.5, 0.6) is 0 Å². The highest BCUT2D eigenvalue weighted by Crippen LogP contribution is 2.17. The van der Waals surface area contributed by atoms with E-state index in [2.05, 4.69) is 19.2 Å². The smallest absolute Gasteiger partial charge is 0.317 e. The molecular formula is C14H27N3O3. The van der Waals surface area contributed by atoms with Crippen molar-refractivity contribution in [2.75, 3.05) is 33.7 Å². The molecule has 0 spiro atoms. The fourth-order valence-electron chi connectivity index (χ4n) is 2.43. The van der Waals surface area contributed by atoms with Crippen LogP contribution in [0.2, 0.25) is 0 Å². The number of nitrogens with zero attached hydrogens (tertiary/aromatic N) is 2. The molecule has 6 nitrogen and oxygen atoms in total. The normalized spacial score (nSPS) is 21.1. The maximum absolute atomic E-state index is 12.3. The Hall–Kier alpha value is -1.30. The van der Waals surface area contributed by atoms with E-state index in [9.17, 15) is 9.59 Å². The molecular weight excluding hydrogens is 258 g/mol. The quantitative estimate of drug-likeness (QED) is 0.793. The number of carbonyl (C=O) groups is 2. The summed E-state index contributed by atoms with van der Waals surface area (Å²) in [6, 6.07) is -0.0702. The van der Waals surface area contributed by atoms with Crippen molar-refractivity contribution in [1.82, 2.24) is 15.1 Å². The van der Waals surface area contributed by atoms with Gasteiger partial charge in [-0.3, -0.25) is 4.79 Å². The van der Waals surface area contributed by atoms with E-state index in [0.29, 0.717) is 25.4 Å². The molecule has 0 radical (unpaired) electrons. The molecule has 1 aliphatic rings. The summed E-state index contributed by atoms with van der Waals surface area (Å²) in [5, 5.41) is 12.1. The zero-order valence-electron chi connectivity index (χ0n) is 12.9. The van der Waals surface area contributed by atoms with Crippen LogP contribution in [-0.2, 0) is 4.79 Å². The predicted octanol–water partition coefficient (Wildman–Crippen LogP) is 1.08. The third kappa shape index (κ3) is 5.00. The maximum Gasteiger partial charge on any atom is 0.317 e. The van der Waals surface area contributed by atoms with Crippen LogP contribution in [0.1, 0.15) is 26.7 Å². The first-order valence-corrected chi connectivity index (χ1v) is 7.24. The monoisotopic (exact) mass is 285 g/mol. The highest BCUT2D eigenvalue weighted by atomic mass is 16.4. The molecule has 0 aromatic carbocycles. The molecule has 1 fully saturated rings. The van der Waals surface area contributed by atoms with Crippen molar-refractivity contribution in [3.8, 4) is 0 Å². The Bertz CT molecular complexity index is 345. The van der Waals surface area contributed by atoms with Gasteiger partial charge in [0.1, 0.15) is 0 Å². The molecule has 1 heterocycles. The first kappa shape index (κ1) is 16.8. The van der Waals surface area contributed by atoms with Gasteiger partial charge in [0.15, 0.2) is 0 Å². The first-order valence-electron chi connectivity index (χ1n) is 7.24. The van der Waals surface area contributed by atoms with E-state index in [-0.39, 0.29) is 12.1 Å². The van der Waals surface area contributed by atoms with Gasteiger partial charge in [-0.15, -0.1) is 0 Å². The number of piperidine rings is 1. The van der Waals surface area contributed by atoms with Crippen LogP contribution >= 0.6 is 0 Å². The van der Waals surface area contributed by atoms with Crippen LogP contribution in [0.15, 0.2) is 0 Å². The van der Waals surface area contributed by atoms with Gasteiger partial charge >= 0.3 is 12.0 Å². The Morgan fingerprint density at radius 3 is 2.55 bits per heavy atom. The minimum atomic E-state index is -0.809. The SMILES string of the molecule is CC(C)C(CN(C)C)NC(=O)N1CCC[C@@H](C(=O)O)C1. The summed E-state index contributed by atoms with van der Waals surface area (Å²) in [5.74, 6) is -0.904. The van der Waals surface area contributed by atoms with Crippen LogP contribution in [0, 0.1) is 11.8 Å². The summed E-state index contributed by atoms with van der Waals surface area (Å²) in [5.41, 5.74) is 0. The molecule has 0 saturated carbocycles.